The van der Waals surface area contributed by atoms with Crippen LogP contribution in [0, 0.1) is 5.92 Å². The van der Waals surface area contributed by atoms with Gasteiger partial charge in [-0.25, -0.2) is 0 Å². The minimum absolute atomic E-state index is 0.0987. The van der Waals surface area contributed by atoms with E-state index < -0.39 is 0 Å². The first-order valence-electron chi connectivity index (χ1n) is 7.89. The van der Waals surface area contributed by atoms with Crippen LogP contribution in [0.25, 0.3) is 0 Å². The average molecular weight is 272 g/mol. The molecule has 0 bridgehead atoms. The fourth-order valence-electron chi connectivity index (χ4n) is 3.53. The lowest BCUT2D eigenvalue weighted by molar-refractivity contribution is -0.122. The van der Waals surface area contributed by atoms with Crippen molar-refractivity contribution in [2.75, 3.05) is 5.32 Å². The molecule has 1 heterocycles. The van der Waals surface area contributed by atoms with E-state index in [4.69, 9.17) is 0 Å². The number of hydrogen-bond donors (Lipinski definition) is 2. The molecule has 1 aromatic carbocycles. The molecule has 1 fully saturated rings. The summed E-state index contributed by atoms with van der Waals surface area (Å²) in [7, 11) is 0. The Labute approximate surface area is 121 Å². The van der Waals surface area contributed by atoms with Gasteiger partial charge in [-0.3, -0.25) is 4.79 Å². The third-order valence-electron chi connectivity index (χ3n) is 4.81. The first-order chi connectivity index (χ1) is 9.74. The SMILES string of the molecule is C[C@@H](NC(=O)C1Cc2ccccc2N1)C1CCCCC1. The summed E-state index contributed by atoms with van der Waals surface area (Å²) in [5, 5.41) is 6.56. The zero-order chi connectivity index (χ0) is 13.9. The molecule has 2 aliphatic rings. The Morgan fingerprint density at radius 2 is 2.00 bits per heavy atom. The molecule has 0 spiro atoms. The molecular weight excluding hydrogens is 248 g/mol. The smallest absolute Gasteiger partial charge is 0.243 e. The van der Waals surface area contributed by atoms with Crippen LogP contribution in [0.1, 0.15) is 44.6 Å². The second-order valence-corrected chi connectivity index (χ2v) is 6.25. The van der Waals surface area contributed by atoms with Gasteiger partial charge in [-0.15, -0.1) is 0 Å². The van der Waals surface area contributed by atoms with Gasteiger partial charge in [0.15, 0.2) is 0 Å². The van der Waals surface area contributed by atoms with Gasteiger partial charge in [0.2, 0.25) is 5.91 Å². The van der Waals surface area contributed by atoms with E-state index in [1.807, 2.05) is 18.2 Å². The highest BCUT2D eigenvalue weighted by Crippen LogP contribution is 2.28. The van der Waals surface area contributed by atoms with E-state index in [1.165, 1.54) is 37.7 Å². The highest BCUT2D eigenvalue weighted by Gasteiger charge is 2.29. The normalized spacial score (nSPS) is 23.8. The van der Waals surface area contributed by atoms with E-state index in [2.05, 4.69) is 23.6 Å². The van der Waals surface area contributed by atoms with Gasteiger partial charge in [-0.1, -0.05) is 37.5 Å². The Morgan fingerprint density at radius 1 is 1.25 bits per heavy atom. The Balaban J connectivity index is 1.55. The molecule has 0 saturated heterocycles. The van der Waals surface area contributed by atoms with Crippen LogP contribution in [-0.4, -0.2) is 18.0 Å². The number of nitrogens with one attached hydrogen (secondary N) is 2. The van der Waals surface area contributed by atoms with Crippen LogP contribution in [-0.2, 0) is 11.2 Å². The highest BCUT2D eigenvalue weighted by molar-refractivity contribution is 5.87. The summed E-state index contributed by atoms with van der Waals surface area (Å²) in [4.78, 5) is 12.4. The van der Waals surface area contributed by atoms with Crippen molar-refractivity contribution in [1.29, 1.82) is 0 Å². The second-order valence-electron chi connectivity index (χ2n) is 6.25. The van der Waals surface area contributed by atoms with E-state index in [1.54, 1.807) is 0 Å². The first-order valence-corrected chi connectivity index (χ1v) is 7.89. The number of carbonyl (C=O) groups excluding carboxylic acids is 1. The average Bonchev–Trinajstić information content (AvgIpc) is 2.92. The number of benzene rings is 1. The predicted molar refractivity (Wildman–Crippen MR) is 81.7 cm³/mol. The summed E-state index contributed by atoms with van der Waals surface area (Å²) >= 11 is 0. The minimum Gasteiger partial charge on any atom is -0.373 e. The lowest BCUT2D eigenvalue weighted by atomic mass is 9.84. The fraction of sp³-hybridized carbons (Fsp3) is 0.588. The Kier molecular flexibility index (Phi) is 3.95. The molecule has 3 rings (SSSR count). The molecule has 1 aromatic rings. The molecule has 108 valence electrons. The zero-order valence-corrected chi connectivity index (χ0v) is 12.2. The van der Waals surface area contributed by atoms with Crippen LogP contribution in [0.4, 0.5) is 5.69 Å². The third kappa shape index (κ3) is 2.82. The summed E-state index contributed by atoms with van der Waals surface area (Å²) in [5.74, 6) is 0.816. The van der Waals surface area contributed by atoms with E-state index in [0.29, 0.717) is 12.0 Å². The maximum Gasteiger partial charge on any atom is 0.243 e. The summed E-state index contributed by atoms with van der Waals surface area (Å²) in [6.07, 6.45) is 7.32. The van der Waals surface area contributed by atoms with Crippen LogP contribution >= 0.6 is 0 Å². The number of anilines is 1. The molecule has 0 aromatic heterocycles. The highest BCUT2D eigenvalue weighted by atomic mass is 16.2. The van der Waals surface area contributed by atoms with E-state index in [9.17, 15) is 4.79 Å². The monoisotopic (exact) mass is 272 g/mol. The molecule has 3 nitrogen and oxygen atoms in total. The fourth-order valence-corrected chi connectivity index (χ4v) is 3.53. The number of carbonyl (C=O) groups is 1. The maximum atomic E-state index is 12.4. The van der Waals surface area contributed by atoms with Gasteiger partial charge in [0.05, 0.1) is 0 Å². The van der Waals surface area contributed by atoms with E-state index in [0.717, 1.165) is 12.1 Å². The molecule has 3 heteroatoms. The van der Waals surface area contributed by atoms with Crippen molar-refractivity contribution in [3.63, 3.8) is 0 Å². The largest absolute Gasteiger partial charge is 0.373 e. The van der Waals surface area contributed by atoms with E-state index in [-0.39, 0.29) is 11.9 Å². The van der Waals surface area contributed by atoms with Crippen molar-refractivity contribution >= 4 is 11.6 Å². The summed E-state index contributed by atoms with van der Waals surface area (Å²) < 4.78 is 0. The first kappa shape index (κ1) is 13.5. The van der Waals surface area contributed by atoms with Gasteiger partial charge in [0, 0.05) is 18.2 Å². The number of para-hydroxylation sites is 1. The van der Waals surface area contributed by atoms with Crippen molar-refractivity contribution in [2.45, 2.75) is 57.5 Å². The van der Waals surface area contributed by atoms with Crippen molar-refractivity contribution in [3.05, 3.63) is 29.8 Å². The number of rotatable bonds is 3. The summed E-state index contributed by atoms with van der Waals surface area (Å²) in [6, 6.07) is 8.39. The third-order valence-corrected chi connectivity index (χ3v) is 4.81. The molecule has 1 saturated carbocycles. The molecule has 2 N–H and O–H groups in total. The van der Waals surface area contributed by atoms with Gasteiger partial charge in [-0.05, 0) is 37.3 Å². The van der Waals surface area contributed by atoms with Crippen molar-refractivity contribution in [2.24, 2.45) is 5.92 Å². The van der Waals surface area contributed by atoms with Crippen LogP contribution in [0.15, 0.2) is 24.3 Å². The van der Waals surface area contributed by atoms with Crippen LogP contribution in [0.2, 0.25) is 0 Å². The summed E-state index contributed by atoms with van der Waals surface area (Å²) in [5.41, 5.74) is 2.36. The predicted octanol–water partition coefficient (Wildman–Crippen LogP) is 3.11. The van der Waals surface area contributed by atoms with Crippen molar-refractivity contribution in [1.82, 2.24) is 5.32 Å². The molecular formula is C17H24N2O. The number of fused-ring (bicyclic) bond motifs is 1. The van der Waals surface area contributed by atoms with Gasteiger partial charge in [0.1, 0.15) is 6.04 Å². The minimum atomic E-state index is -0.0987. The van der Waals surface area contributed by atoms with Crippen molar-refractivity contribution < 1.29 is 4.79 Å². The van der Waals surface area contributed by atoms with Gasteiger partial charge in [-0.2, -0.15) is 0 Å². The van der Waals surface area contributed by atoms with Crippen LogP contribution < -0.4 is 10.6 Å². The van der Waals surface area contributed by atoms with E-state index >= 15 is 0 Å². The number of hydrogen-bond acceptors (Lipinski definition) is 2. The quantitative estimate of drug-likeness (QED) is 0.887. The molecule has 1 aliphatic carbocycles. The Bertz CT molecular complexity index is 455. The molecule has 1 unspecified atom stereocenters. The topological polar surface area (TPSA) is 41.1 Å². The maximum absolute atomic E-state index is 12.4. The molecule has 2 atom stereocenters. The van der Waals surface area contributed by atoms with Crippen LogP contribution in [0.3, 0.4) is 0 Å². The standard InChI is InChI=1S/C17H24N2O/c1-12(13-7-3-2-4-8-13)18-17(20)16-11-14-9-5-6-10-15(14)19-16/h5-6,9-10,12-13,16,19H,2-4,7-8,11H2,1H3,(H,18,20)/t12-,16?/m1/s1. The Hall–Kier alpha value is -1.51. The molecule has 1 aliphatic heterocycles. The molecule has 0 radical (unpaired) electrons. The summed E-state index contributed by atoms with van der Waals surface area (Å²) in [6.45, 7) is 2.16. The van der Waals surface area contributed by atoms with Gasteiger partial charge >= 0.3 is 0 Å². The Morgan fingerprint density at radius 3 is 2.75 bits per heavy atom. The zero-order valence-electron chi connectivity index (χ0n) is 12.2. The molecule has 20 heavy (non-hydrogen) atoms. The lowest BCUT2D eigenvalue weighted by Crippen LogP contribution is -2.46. The molecule has 1 amide bonds. The second kappa shape index (κ2) is 5.86. The lowest BCUT2D eigenvalue weighted by Gasteiger charge is -2.29. The van der Waals surface area contributed by atoms with Gasteiger partial charge in [0.25, 0.3) is 0 Å². The van der Waals surface area contributed by atoms with Crippen LogP contribution in [0.5, 0.6) is 0 Å². The van der Waals surface area contributed by atoms with Crippen molar-refractivity contribution in [3.8, 4) is 0 Å². The van der Waals surface area contributed by atoms with Gasteiger partial charge < -0.3 is 10.6 Å². The number of amides is 1.